The van der Waals surface area contributed by atoms with Gasteiger partial charge in [-0.25, -0.2) is 0 Å². The molecule has 0 spiro atoms. The van der Waals surface area contributed by atoms with Crippen LogP contribution in [0.15, 0.2) is 60.7 Å². The number of hydrogen-bond acceptors (Lipinski definition) is 0. The number of hydrogen-bond donors (Lipinski definition) is 0. The Balaban J connectivity index is 0.000000960. The molecule has 4 rings (SSSR count). The van der Waals surface area contributed by atoms with Gasteiger partial charge in [-0.3, -0.25) is 0 Å². The van der Waals surface area contributed by atoms with E-state index in [1.807, 2.05) is 0 Å². The van der Waals surface area contributed by atoms with E-state index in [0.29, 0.717) is 7.25 Å². The van der Waals surface area contributed by atoms with Gasteiger partial charge in [0.15, 0.2) is 0 Å². The SMILES string of the molecule is [CH3][Zr]([CH3])([CH]1C=Cc2ccccc21)[CH]1C=Cc2ccccc21.[Cl-].[Cl-]. The molecule has 0 saturated carbocycles. The minimum absolute atomic E-state index is 0. The normalized spacial score (nSPS) is 20.4. The van der Waals surface area contributed by atoms with Crippen LogP contribution < -0.4 is 24.8 Å². The summed E-state index contributed by atoms with van der Waals surface area (Å²) in [6.07, 6.45) is 9.64. The third-order valence-corrected chi connectivity index (χ3v) is 15.6. The van der Waals surface area contributed by atoms with Crippen molar-refractivity contribution in [2.75, 3.05) is 0 Å². The van der Waals surface area contributed by atoms with E-state index in [2.05, 4.69) is 82.1 Å². The van der Waals surface area contributed by atoms with Crippen molar-refractivity contribution in [3.63, 3.8) is 0 Å². The molecule has 2 aliphatic rings. The molecule has 0 nitrogen and oxygen atoms in total. The van der Waals surface area contributed by atoms with Crippen molar-refractivity contribution in [2.24, 2.45) is 0 Å². The van der Waals surface area contributed by atoms with Crippen LogP contribution in [-0.2, 0) is 20.3 Å². The number of rotatable bonds is 2. The zero-order valence-electron chi connectivity index (χ0n) is 13.3. The molecule has 0 aliphatic heterocycles. The van der Waals surface area contributed by atoms with Crippen molar-refractivity contribution in [2.45, 2.75) is 16.5 Å². The molecule has 0 radical (unpaired) electrons. The smallest absolute Gasteiger partial charge is 1.00 e. The molecule has 2 aromatic rings. The molecule has 0 saturated heterocycles. The summed E-state index contributed by atoms with van der Waals surface area (Å²) in [6, 6.07) is 17.9. The summed E-state index contributed by atoms with van der Waals surface area (Å²) < 4.78 is 6.61. The Morgan fingerprint density at radius 2 is 1.04 bits per heavy atom. The van der Waals surface area contributed by atoms with Gasteiger partial charge >= 0.3 is 132 Å². The molecule has 120 valence electrons. The van der Waals surface area contributed by atoms with Crippen LogP contribution in [0.5, 0.6) is 0 Å². The predicted molar refractivity (Wildman–Crippen MR) is 88.2 cm³/mol. The Hall–Kier alpha value is -0.617. The molecular weight excluding hydrogens is 402 g/mol. The summed E-state index contributed by atoms with van der Waals surface area (Å²) in [5, 5.41) is 0. The van der Waals surface area contributed by atoms with Gasteiger partial charge in [-0.2, -0.15) is 0 Å². The summed E-state index contributed by atoms with van der Waals surface area (Å²) in [4.78, 5) is 0. The summed E-state index contributed by atoms with van der Waals surface area (Å²) >= 11 is -2.38. The van der Waals surface area contributed by atoms with Crippen LogP contribution >= 0.6 is 0 Å². The van der Waals surface area contributed by atoms with Crippen molar-refractivity contribution < 1.29 is 45.1 Å². The van der Waals surface area contributed by atoms with Crippen LogP contribution in [0.1, 0.15) is 29.5 Å². The summed E-state index contributed by atoms with van der Waals surface area (Å²) in [5.41, 5.74) is 6.00. The average Bonchev–Trinajstić information content (AvgIpc) is 3.12. The van der Waals surface area contributed by atoms with Crippen molar-refractivity contribution >= 4 is 12.2 Å². The Bertz CT molecular complexity index is 698. The molecule has 0 N–H and O–H groups in total. The van der Waals surface area contributed by atoms with Gasteiger partial charge in [-0.15, -0.1) is 0 Å². The van der Waals surface area contributed by atoms with Crippen LogP contribution in [0.2, 0.25) is 9.26 Å². The van der Waals surface area contributed by atoms with Crippen molar-refractivity contribution in [1.82, 2.24) is 0 Å². The molecule has 23 heavy (non-hydrogen) atoms. The summed E-state index contributed by atoms with van der Waals surface area (Å²) in [6.45, 7) is 0. The van der Waals surface area contributed by atoms with E-state index in [-0.39, 0.29) is 24.8 Å². The predicted octanol–water partition coefficient (Wildman–Crippen LogP) is -0.219. The fraction of sp³-hybridized carbons (Fsp3) is 0.200. The first-order valence-corrected chi connectivity index (χ1v) is 15.5. The van der Waals surface area contributed by atoms with Crippen molar-refractivity contribution in [3.05, 3.63) is 82.9 Å². The van der Waals surface area contributed by atoms with Gasteiger partial charge in [0.05, 0.1) is 0 Å². The van der Waals surface area contributed by atoms with E-state index in [1.54, 1.807) is 11.1 Å². The molecule has 2 atom stereocenters. The van der Waals surface area contributed by atoms with E-state index in [0.717, 1.165) is 0 Å². The van der Waals surface area contributed by atoms with Crippen LogP contribution in [0.3, 0.4) is 0 Å². The summed E-state index contributed by atoms with van der Waals surface area (Å²) in [5.74, 6) is 0. The van der Waals surface area contributed by atoms with Gasteiger partial charge < -0.3 is 24.8 Å². The standard InChI is InChI=1S/2C9H7.2CH3.2ClH.Zr/c2*1-2-5-9-7-3-6-8(9)4-1;;;;;/h2*1-7H;2*1H3;2*1H;/p-2. The minimum atomic E-state index is -2.38. The van der Waals surface area contributed by atoms with E-state index in [4.69, 9.17) is 0 Å². The number of benzene rings is 2. The van der Waals surface area contributed by atoms with E-state index >= 15 is 0 Å². The second-order valence-corrected chi connectivity index (χ2v) is 18.8. The van der Waals surface area contributed by atoms with Crippen LogP contribution in [0, 0.1) is 0 Å². The first-order valence-electron chi connectivity index (χ1n) is 7.72. The maximum absolute atomic E-state index is 2.61. The van der Waals surface area contributed by atoms with Gasteiger partial charge in [0.25, 0.3) is 0 Å². The molecule has 2 aromatic carbocycles. The molecule has 2 aliphatic carbocycles. The van der Waals surface area contributed by atoms with Gasteiger partial charge in [-0.1, -0.05) is 0 Å². The van der Waals surface area contributed by atoms with E-state index in [9.17, 15) is 0 Å². The van der Waals surface area contributed by atoms with Crippen LogP contribution in [-0.4, -0.2) is 0 Å². The molecule has 0 heterocycles. The van der Waals surface area contributed by atoms with Gasteiger partial charge in [-0.05, 0) is 0 Å². The zero-order chi connectivity index (χ0) is 14.4. The second-order valence-electron chi connectivity index (χ2n) is 6.75. The summed E-state index contributed by atoms with van der Waals surface area (Å²) in [7, 11) is 0. The first kappa shape index (κ1) is 18.7. The molecule has 2 unspecified atom stereocenters. The number of fused-ring (bicyclic) bond motifs is 2. The fourth-order valence-electron chi connectivity index (χ4n) is 3.99. The Morgan fingerprint density at radius 1 is 0.652 bits per heavy atom. The monoisotopic (exact) mass is 420 g/mol. The fourth-order valence-corrected chi connectivity index (χ4v) is 13.1. The van der Waals surface area contributed by atoms with Gasteiger partial charge in [0, 0.05) is 0 Å². The Kier molecular flexibility index (Phi) is 5.77. The average molecular weight is 423 g/mol. The third kappa shape index (κ3) is 3.04. The largest absolute Gasteiger partial charge is 1.00 e. The van der Waals surface area contributed by atoms with Gasteiger partial charge in [0.1, 0.15) is 0 Å². The number of allylic oxidation sites excluding steroid dienone is 2. The minimum Gasteiger partial charge on any atom is -1.00 e. The maximum atomic E-state index is 2.61. The molecule has 0 fully saturated rings. The van der Waals surface area contributed by atoms with E-state index in [1.165, 1.54) is 11.1 Å². The Morgan fingerprint density at radius 3 is 1.48 bits per heavy atom. The first-order chi connectivity index (χ1) is 10.2. The number of halogens is 2. The van der Waals surface area contributed by atoms with Crippen molar-refractivity contribution in [1.29, 1.82) is 0 Å². The molecule has 0 bridgehead atoms. The van der Waals surface area contributed by atoms with Crippen LogP contribution in [0.25, 0.3) is 12.2 Å². The Labute approximate surface area is 155 Å². The third-order valence-electron chi connectivity index (χ3n) is 5.20. The quantitative estimate of drug-likeness (QED) is 0.628. The molecule has 0 amide bonds. The second kappa shape index (κ2) is 7.10. The zero-order valence-corrected chi connectivity index (χ0v) is 17.3. The molecular formula is C20H20Cl2Zr-2. The molecule has 0 aromatic heterocycles. The van der Waals surface area contributed by atoms with Crippen LogP contribution in [0.4, 0.5) is 0 Å². The molecule has 3 heteroatoms. The maximum Gasteiger partial charge on any atom is -1.00 e. The van der Waals surface area contributed by atoms with E-state index < -0.39 is 20.3 Å². The van der Waals surface area contributed by atoms with Gasteiger partial charge in [0.2, 0.25) is 0 Å². The van der Waals surface area contributed by atoms with Crippen molar-refractivity contribution in [3.8, 4) is 0 Å². The topological polar surface area (TPSA) is 0 Å².